The molecule has 1 fully saturated rings. The Bertz CT molecular complexity index is 889. The van der Waals surface area contributed by atoms with Gasteiger partial charge in [-0.3, -0.25) is 0 Å². The number of hydrogen-bond donors (Lipinski definition) is 1. The molecule has 1 heterocycles. The molecule has 8 heteroatoms. The molecular formula is C18H21FN2O4S. The van der Waals surface area contributed by atoms with Gasteiger partial charge in [-0.1, -0.05) is 18.2 Å². The van der Waals surface area contributed by atoms with Crippen LogP contribution in [0.5, 0.6) is 11.5 Å². The molecule has 140 valence electrons. The normalized spacial score (nSPS) is 18.5. The van der Waals surface area contributed by atoms with Crippen LogP contribution in [0.1, 0.15) is 11.6 Å². The van der Waals surface area contributed by atoms with Crippen molar-refractivity contribution in [2.45, 2.75) is 10.9 Å². The van der Waals surface area contributed by atoms with Crippen molar-refractivity contribution in [1.29, 1.82) is 0 Å². The van der Waals surface area contributed by atoms with Crippen molar-refractivity contribution in [3.8, 4) is 11.5 Å². The van der Waals surface area contributed by atoms with Gasteiger partial charge in [0, 0.05) is 31.3 Å². The van der Waals surface area contributed by atoms with E-state index < -0.39 is 21.9 Å². The summed E-state index contributed by atoms with van der Waals surface area (Å²) in [5.41, 5.74) is 0.778. The van der Waals surface area contributed by atoms with Crippen LogP contribution in [0.3, 0.4) is 0 Å². The number of piperazine rings is 1. The highest BCUT2D eigenvalue weighted by molar-refractivity contribution is 7.89. The van der Waals surface area contributed by atoms with Gasteiger partial charge in [0.1, 0.15) is 5.75 Å². The van der Waals surface area contributed by atoms with Gasteiger partial charge < -0.3 is 14.8 Å². The first kappa shape index (κ1) is 18.6. The van der Waals surface area contributed by atoms with Crippen LogP contribution >= 0.6 is 0 Å². The molecule has 1 saturated heterocycles. The van der Waals surface area contributed by atoms with Crippen molar-refractivity contribution in [2.24, 2.45) is 0 Å². The Balaban J connectivity index is 2.04. The van der Waals surface area contributed by atoms with E-state index in [9.17, 15) is 12.8 Å². The third kappa shape index (κ3) is 3.40. The minimum absolute atomic E-state index is 0.00227. The lowest BCUT2D eigenvalue weighted by molar-refractivity contribution is 0.264. The number of halogens is 1. The maximum atomic E-state index is 13.7. The van der Waals surface area contributed by atoms with Gasteiger partial charge in [0.05, 0.1) is 25.2 Å². The van der Waals surface area contributed by atoms with Gasteiger partial charge >= 0.3 is 0 Å². The van der Waals surface area contributed by atoms with E-state index in [0.29, 0.717) is 25.4 Å². The smallest absolute Gasteiger partial charge is 0.243 e. The van der Waals surface area contributed by atoms with Crippen molar-refractivity contribution < 1.29 is 22.3 Å². The first-order valence-corrected chi connectivity index (χ1v) is 9.62. The summed E-state index contributed by atoms with van der Waals surface area (Å²) >= 11 is 0. The number of benzene rings is 2. The van der Waals surface area contributed by atoms with Gasteiger partial charge in [0.2, 0.25) is 10.0 Å². The SMILES string of the molecule is COc1cc(S(=O)(=O)N2CCNCC2c2ccccc2OC)ccc1F. The average Bonchev–Trinajstić information content (AvgIpc) is 2.68. The summed E-state index contributed by atoms with van der Waals surface area (Å²) in [6.45, 7) is 1.28. The number of para-hydroxylation sites is 1. The summed E-state index contributed by atoms with van der Waals surface area (Å²) < 4.78 is 51.9. The van der Waals surface area contributed by atoms with E-state index in [1.165, 1.54) is 23.5 Å². The summed E-state index contributed by atoms with van der Waals surface area (Å²) in [4.78, 5) is -0.00227. The van der Waals surface area contributed by atoms with E-state index in [1.807, 2.05) is 18.2 Å². The van der Waals surface area contributed by atoms with Crippen LogP contribution in [-0.4, -0.2) is 46.6 Å². The Morgan fingerprint density at radius 3 is 2.58 bits per heavy atom. The highest BCUT2D eigenvalue weighted by atomic mass is 32.2. The lowest BCUT2D eigenvalue weighted by atomic mass is 10.0. The molecule has 1 atom stereocenters. The number of nitrogens with zero attached hydrogens (tertiary/aromatic N) is 1. The van der Waals surface area contributed by atoms with Crippen molar-refractivity contribution in [3.63, 3.8) is 0 Å². The molecule has 1 N–H and O–H groups in total. The Labute approximate surface area is 152 Å². The second-order valence-corrected chi connectivity index (χ2v) is 7.76. The molecule has 6 nitrogen and oxygen atoms in total. The van der Waals surface area contributed by atoms with Crippen LogP contribution in [0.25, 0.3) is 0 Å². The van der Waals surface area contributed by atoms with Crippen LogP contribution in [0.15, 0.2) is 47.4 Å². The third-order valence-corrected chi connectivity index (χ3v) is 6.33. The minimum atomic E-state index is -3.84. The maximum Gasteiger partial charge on any atom is 0.243 e. The fourth-order valence-electron chi connectivity index (χ4n) is 3.12. The van der Waals surface area contributed by atoms with Crippen LogP contribution in [0.4, 0.5) is 4.39 Å². The van der Waals surface area contributed by atoms with E-state index in [-0.39, 0.29) is 10.6 Å². The average molecular weight is 380 g/mol. The number of ether oxygens (including phenoxy) is 2. The fourth-order valence-corrected chi connectivity index (χ4v) is 4.74. The number of hydrogen-bond acceptors (Lipinski definition) is 5. The van der Waals surface area contributed by atoms with Crippen molar-refractivity contribution in [2.75, 3.05) is 33.9 Å². The molecule has 0 aromatic heterocycles. The highest BCUT2D eigenvalue weighted by Gasteiger charge is 2.36. The fraction of sp³-hybridized carbons (Fsp3) is 0.333. The summed E-state index contributed by atoms with van der Waals surface area (Å²) in [6, 6.07) is 10.5. The standard InChI is InChI=1S/C18H21FN2O4S/c1-24-17-6-4-3-5-14(17)16-12-20-9-10-21(16)26(22,23)13-7-8-15(19)18(11-13)25-2/h3-8,11,16,20H,9-10,12H2,1-2H3. The van der Waals surface area contributed by atoms with Gasteiger partial charge in [0.15, 0.2) is 11.6 Å². The van der Waals surface area contributed by atoms with E-state index in [2.05, 4.69) is 5.32 Å². The van der Waals surface area contributed by atoms with Gasteiger partial charge in [-0.15, -0.1) is 0 Å². The van der Waals surface area contributed by atoms with Crippen LogP contribution in [0.2, 0.25) is 0 Å². The zero-order valence-corrected chi connectivity index (χ0v) is 15.4. The molecule has 1 aliphatic rings. The molecule has 3 rings (SSSR count). The summed E-state index contributed by atoms with van der Waals surface area (Å²) in [6.07, 6.45) is 0. The van der Waals surface area contributed by atoms with Crippen molar-refractivity contribution in [3.05, 3.63) is 53.8 Å². The Kier molecular flexibility index (Phi) is 5.45. The Hall–Kier alpha value is -2.16. The zero-order valence-electron chi connectivity index (χ0n) is 14.6. The molecule has 0 bridgehead atoms. The molecule has 0 spiro atoms. The number of rotatable bonds is 5. The first-order chi connectivity index (χ1) is 12.5. The van der Waals surface area contributed by atoms with Crippen LogP contribution < -0.4 is 14.8 Å². The summed E-state index contributed by atoms with van der Waals surface area (Å²) in [7, 11) is -0.985. The van der Waals surface area contributed by atoms with Gasteiger partial charge in [-0.25, -0.2) is 12.8 Å². The predicted molar refractivity (Wildman–Crippen MR) is 95.4 cm³/mol. The van der Waals surface area contributed by atoms with Crippen molar-refractivity contribution in [1.82, 2.24) is 9.62 Å². The third-order valence-electron chi connectivity index (χ3n) is 4.42. The van der Waals surface area contributed by atoms with Crippen molar-refractivity contribution >= 4 is 10.0 Å². The maximum absolute atomic E-state index is 13.7. The summed E-state index contributed by atoms with van der Waals surface area (Å²) in [5, 5.41) is 3.22. The van der Waals surface area contributed by atoms with Gasteiger partial charge in [-0.05, 0) is 18.2 Å². The quantitative estimate of drug-likeness (QED) is 0.861. The minimum Gasteiger partial charge on any atom is -0.496 e. The molecular weight excluding hydrogens is 359 g/mol. The Morgan fingerprint density at radius 1 is 1.12 bits per heavy atom. The summed E-state index contributed by atoms with van der Waals surface area (Å²) in [5.74, 6) is -0.0822. The number of sulfonamides is 1. The van der Waals surface area contributed by atoms with E-state index in [1.54, 1.807) is 13.2 Å². The van der Waals surface area contributed by atoms with Gasteiger partial charge in [0.25, 0.3) is 0 Å². The number of methoxy groups -OCH3 is 2. The molecule has 1 unspecified atom stereocenters. The van der Waals surface area contributed by atoms with Crippen LogP contribution in [-0.2, 0) is 10.0 Å². The first-order valence-electron chi connectivity index (χ1n) is 8.18. The Morgan fingerprint density at radius 2 is 1.85 bits per heavy atom. The molecule has 0 radical (unpaired) electrons. The topological polar surface area (TPSA) is 67.9 Å². The highest BCUT2D eigenvalue weighted by Crippen LogP contribution is 2.34. The number of nitrogens with one attached hydrogen (secondary N) is 1. The lowest BCUT2D eigenvalue weighted by Crippen LogP contribution is -2.48. The second-order valence-electron chi connectivity index (χ2n) is 5.87. The van der Waals surface area contributed by atoms with E-state index in [4.69, 9.17) is 9.47 Å². The van der Waals surface area contributed by atoms with Gasteiger partial charge in [-0.2, -0.15) is 4.31 Å². The van der Waals surface area contributed by atoms with Crippen LogP contribution in [0, 0.1) is 5.82 Å². The molecule has 1 aliphatic heterocycles. The van der Waals surface area contributed by atoms with E-state index >= 15 is 0 Å². The molecule has 0 amide bonds. The lowest BCUT2D eigenvalue weighted by Gasteiger charge is -2.36. The molecule has 0 aliphatic carbocycles. The largest absolute Gasteiger partial charge is 0.496 e. The molecule has 2 aromatic rings. The molecule has 0 saturated carbocycles. The molecule has 26 heavy (non-hydrogen) atoms. The molecule has 2 aromatic carbocycles. The zero-order chi connectivity index (χ0) is 18.7. The monoisotopic (exact) mass is 380 g/mol. The van der Waals surface area contributed by atoms with E-state index in [0.717, 1.165) is 11.6 Å². The second kappa shape index (κ2) is 7.61. The predicted octanol–water partition coefficient (Wildman–Crippen LogP) is 2.18.